The summed E-state index contributed by atoms with van der Waals surface area (Å²) < 4.78 is 28.7. The third kappa shape index (κ3) is 5.09. The Kier molecular flexibility index (Phi) is 6.16. The van der Waals surface area contributed by atoms with Gasteiger partial charge in [-0.3, -0.25) is 0 Å². The number of para-hydroxylation sites is 1. The Morgan fingerprint density at radius 2 is 1.84 bits per heavy atom. The maximum atomic E-state index is 12.3. The zero-order valence-electron chi connectivity index (χ0n) is 18.0. The van der Waals surface area contributed by atoms with Crippen LogP contribution >= 0.6 is 0 Å². The van der Waals surface area contributed by atoms with Crippen molar-refractivity contribution in [3.8, 4) is 6.07 Å². The maximum absolute atomic E-state index is 12.3. The molecule has 3 rings (SSSR count). The zero-order valence-corrected chi connectivity index (χ0v) is 18.9. The van der Waals surface area contributed by atoms with Crippen molar-refractivity contribution in [2.24, 2.45) is 5.14 Å². The van der Waals surface area contributed by atoms with E-state index in [0.29, 0.717) is 26.2 Å². The van der Waals surface area contributed by atoms with Crippen LogP contribution in [-0.4, -0.2) is 51.2 Å². The number of allylic oxidation sites excluding steroid dienone is 3. The second-order valence-corrected chi connectivity index (χ2v) is 10.3. The zero-order chi connectivity index (χ0) is 22.9. The van der Waals surface area contributed by atoms with Crippen LogP contribution in [0.1, 0.15) is 32.8 Å². The van der Waals surface area contributed by atoms with Crippen molar-refractivity contribution in [1.82, 2.24) is 4.90 Å². The molecular formula is C22H28N4O4S. The molecule has 0 aromatic heterocycles. The molecule has 1 atom stereocenters. The smallest absolute Gasteiger partial charge is 0.410 e. The van der Waals surface area contributed by atoms with Gasteiger partial charge in [0.15, 0.2) is 0 Å². The second-order valence-electron chi connectivity index (χ2n) is 8.74. The average molecular weight is 445 g/mol. The molecule has 2 aliphatic rings. The molecule has 1 aromatic rings. The molecule has 2 N–H and O–H groups in total. The van der Waals surface area contributed by atoms with Crippen LogP contribution in [0.15, 0.2) is 47.4 Å². The van der Waals surface area contributed by atoms with Gasteiger partial charge in [0.2, 0.25) is 10.0 Å². The number of nitrogens with zero attached hydrogens (tertiary/aromatic N) is 3. The number of primary sulfonamides is 1. The summed E-state index contributed by atoms with van der Waals surface area (Å²) in [6, 6.07) is 9.96. The Bertz CT molecular complexity index is 1060. The van der Waals surface area contributed by atoms with Crippen molar-refractivity contribution >= 4 is 21.8 Å². The van der Waals surface area contributed by atoms with E-state index in [-0.39, 0.29) is 17.4 Å². The molecule has 0 radical (unpaired) electrons. The van der Waals surface area contributed by atoms with Gasteiger partial charge in [0.1, 0.15) is 11.0 Å². The van der Waals surface area contributed by atoms with Crippen molar-refractivity contribution in [3.63, 3.8) is 0 Å². The highest BCUT2D eigenvalue weighted by Gasteiger charge is 2.36. The Labute approximate surface area is 183 Å². The number of benzene rings is 1. The Balaban J connectivity index is 1.81. The molecule has 0 saturated carbocycles. The van der Waals surface area contributed by atoms with Gasteiger partial charge < -0.3 is 14.5 Å². The molecule has 1 saturated heterocycles. The van der Waals surface area contributed by atoms with Gasteiger partial charge in [0.05, 0.1) is 11.0 Å². The highest BCUT2D eigenvalue weighted by Crippen LogP contribution is 2.39. The number of hydrogen-bond acceptors (Lipinski definition) is 6. The number of nitrogens with two attached hydrogens (primary N) is 1. The lowest BCUT2D eigenvalue weighted by molar-refractivity contribution is 0.0240. The predicted octanol–water partition coefficient (Wildman–Crippen LogP) is 2.64. The van der Waals surface area contributed by atoms with Gasteiger partial charge in [0, 0.05) is 31.9 Å². The number of anilines is 1. The molecule has 8 nitrogen and oxygen atoms in total. The summed E-state index contributed by atoms with van der Waals surface area (Å²) >= 11 is 0. The standard InChI is InChI=1S/C22H28N4O4S/c1-21(2,3)30-20(27)26-14-12-25(13-15-26)19-7-5-4-6-18(19)22(16-23)10-8-17(9-11-22)31(24,28)29/h4-10H,11-15H2,1-3H3,(H2,24,28,29). The minimum Gasteiger partial charge on any atom is -0.444 e. The fraction of sp³-hybridized carbons (Fsp3) is 0.455. The van der Waals surface area contributed by atoms with Gasteiger partial charge in [-0.2, -0.15) is 5.26 Å². The van der Waals surface area contributed by atoms with Gasteiger partial charge in [-0.25, -0.2) is 18.4 Å². The van der Waals surface area contributed by atoms with Crippen LogP contribution in [0, 0.1) is 11.3 Å². The Morgan fingerprint density at radius 3 is 2.35 bits per heavy atom. The van der Waals surface area contributed by atoms with Gasteiger partial charge >= 0.3 is 6.09 Å². The van der Waals surface area contributed by atoms with E-state index in [0.717, 1.165) is 11.3 Å². The number of ether oxygens (including phenoxy) is 1. The number of amides is 1. The number of rotatable bonds is 3. The van der Waals surface area contributed by atoms with E-state index in [9.17, 15) is 18.5 Å². The van der Waals surface area contributed by atoms with Gasteiger partial charge in [-0.05, 0) is 44.9 Å². The third-order valence-electron chi connectivity index (χ3n) is 5.34. The van der Waals surface area contributed by atoms with E-state index in [1.165, 1.54) is 12.2 Å². The summed E-state index contributed by atoms with van der Waals surface area (Å²) in [5.41, 5.74) is 0.151. The van der Waals surface area contributed by atoms with Crippen molar-refractivity contribution in [1.29, 1.82) is 5.26 Å². The van der Waals surface area contributed by atoms with Gasteiger partial charge in [-0.15, -0.1) is 0 Å². The van der Waals surface area contributed by atoms with E-state index in [2.05, 4.69) is 11.0 Å². The lowest BCUT2D eigenvalue weighted by Crippen LogP contribution is -2.50. The second kappa shape index (κ2) is 8.36. The normalized spacial score (nSPS) is 22.0. The number of hydrogen-bond donors (Lipinski definition) is 1. The first-order chi connectivity index (χ1) is 14.5. The van der Waals surface area contributed by atoms with E-state index in [1.54, 1.807) is 11.0 Å². The third-order valence-corrected chi connectivity index (χ3v) is 6.30. The molecule has 1 amide bonds. The molecule has 31 heavy (non-hydrogen) atoms. The number of nitriles is 1. The van der Waals surface area contributed by atoms with Crippen LogP contribution in [0.2, 0.25) is 0 Å². The topological polar surface area (TPSA) is 117 Å². The Hall–Kier alpha value is -2.83. The summed E-state index contributed by atoms with van der Waals surface area (Å²) in [5, 5.41) is 15.3. The van der Waals surface area contributed by atoms with Crippen molar-refractivity contribution < 1.29 is 17.9 Å². The van der Waals surface area contributed by atoms with Crippen molar-refractivity contribution in [2.45, 2.75) is 38.2 Å². The quantitative estimate of drug-likeness (QED) is 0.766. The van der Waals surface area contributed by atoms with Gasteiger partial charge in [-0.1, -0.05) is 30.4 Å². The molecule has 1 aliphatic carbocycles. The number of carbonyl (C=O) groups excluding carboxylic acids is 1. The maximum Gasteiger partial charge on any atom is 0.410 e. The molecular weight excluding hydrogens is 416 g/mol. The number of carbonyl (C=O) groups is 1. The Morgan fingerprint density at radius 1 is 1.19 bits per heavy atom. The van der Waals surface area contributed by atoms with Crippen LogP contribution in [0.3, 0.4) is 0 Å². The molecule has 1 fully saturated rings. The fourth-order valence-corrected chi connectivity index (χ4v) is 4.33. The van der Waals surface area contributed by atoms with E-state index < -0.39 is 21.0 Å². The highest BCUT2D eigenvalue weighted by atomic mass is 32.2. The molecule has 1 heterocycles. The fourth-order valence-electron chi connectivity index (χ4n) is 3.76. The van der Waals surface area contributed by atoms with E-state index >= 15 is 0 Å². The first-order valence-electron chi connectivity index (χ1n) is 10.1. The SMILES string of the molecule is CC(C)(C)OC(=O)N1CCN(c2ccccc2C2(C#N)C=CC(S(N)(=O)=O)=CC2)CC1. The highest BCUT2D eigenvalue weighted by molar-refractivity contribution is 7.93. The lowest BCUT2D eigenvalue weighted by Gasteiger charge is -2.39. The molecule has 166 valence electrons. The molecule has 1 unspecified atom stereocenters. The minimum absolute atomic E-state index is 0.0156. The van der Waals surface area contributed by atoms with E-state index in [1.807, 2.05) is 45.0 Å². The van der Waals surface area contributed by atoms with Crippen LogP contribution < -0.4 is 10.0 Å². The monoisotopic (exact) mass is 444 g/mol. The first kappa shape index (κ1) is 22.8. The number of sulfonamides is 1. The lowest BCUT2D eigenvalue weighted by atomic mass is 9.75. The van der Waals surface area contributed by atoms with Crippen LogP contribution in [0.25, 0.3) is 0 Å². The summed E-state index contributed by atoms with van der Waals surface area (Å²) in [6.45, 7) is 7.73. The molecule has 1 aliphatic heterocycles. The predicted molar refractivity (Wildman–Crippen MR) is 119 cm³/mol. The molecule has 1 aromatic carbocycles. The van der Waals surface area contributed by atoms with Crippen molar-refractivity contribution in [2.75, 3.05) is 31.1 Å². The van der Waals surface area contributed by atoms with Crippen molar-refractivity contribution in [3.05, 3.63) is 53.0 Å². The summed E-state index contributed by atoms with van der Waals surface area (Å²) in [6.07, 6.45) is 4.39. The summed E-state index contributed by atoms with van der Waals surface area (Å²) in [4.78, 5) is 16.2. The first-order valence-corrected chi connectivity index (χ1v) is 11.7. The van der Waals surface area contributed by atoms with Crippen LogP contribution in [0.5, 0.6) is 0 Å². The van der Waals surface area contributed by atoms with Gasteiger partial charge in [0.25, 0.3) is 0 Å². The summed E-state index contributed by atoms with van der Waals surface area (Å²) in [5.74, 6) is 0. The number of piperazine rings is 1. The average Bonchev–Trinajstić information content (AvgIpc) is 2.72. The minimum atomic E-state index is -3.82. The van der Waals surface area contributed by atoms with E-state index in [4.69, 9.17) is 9.88 Å². The molecule has 0 bridgehead atoms. The molecule has 0 spiro atoms. The largest absolute Gasteiger partial charge is 0.444 e. The van der Waals surface area contributed by atoms with Crippen LogP contribution in [0.4, 0.5) is 10.5 Å². The van der Waals surface area contributed by atoms with Crippen LogP contribution in [-0.2, 0) is 20.2 Å². The molecule has 9 heteroatoms. The summed E-state index contributed by atoms with van der Waals surface area (Å²) in [7, 11) is -3.82.